The van der Waals surface area contributed by atoms with Gasteiger partial charge in [-0.05, 0) is 23.3 Å². The van der Waals surface area contributed by atoms with Crippen molar-refractivity contribution in [2.45, 2.75) is 30.0 Å². The van der Waals surface area contributed by atoms with Crippen molar-refractivity contribution in [3.63, 3.8) is 0 Å². The third-order valence-electron chi connectivity index (χ3n) is 3.43. The van der Waals surface area contributed by atoms with Gasteiger partial charge in [-0.25, -0.2) is 0 Å². The lowest BCUT2D eigenvalue weighted by Crippen LogP contribution is -2.33. The summed E-state index contributed by atoms with van der Waals surface area (Å²) in [4.78, 5) is 0. The highest BCUT2D eigenvalue weighted by atomic mass is 35.5. The highest BCUT2D eigenvalue weighted by Gasteiger charge is 2.41. The summed E-state index contributed by atoms with van der Waals surface area (Å²) in [6.07, 6.45) is 6.44. The maximum absolute atomic E-state index is 6.44. The second-order valence-corrected chi connectivity index (χ2v) is 7.44. The molecule has 102 valence electrons. The molecule has 0 fully saturated rings. The molecule has 0 saturated heterocycles. The Kier molecular flexibility index (Phi) is 4.28. The van der Waals surface area contributed by atoms with Crippen LogP contribution in [0, 0.1) is 0 Å². The summed E-state index contributed by atoms with van der Waals surface area (Å²) in [5.41, 5.74) is 1.32. The number of allylic oxidation sites excluding steroid dienone is 4. The van der Waals surface area contributed by atoms with Crippen LogP contribution >= 0.6 is 46.4 Å². The molecule has 0 spiro atoms. The average Bonchev–Trinajstić information content (AvgIpc) is 2.27. The van der Waals surface area contributed by atoms with E-state index in [1.807, 2.05) is 50.3 Å². The van der Waals surface area contributed by atoms with Crippen molar-refractivity contribution in [3.05, 3.63) is 57.6 Å². The van der Waals surface area contributed by atoms with E-state index in [2.05, 4.69) is 0 Å². The highest BCUT2D eigenvalue weighted by Crippen LogP contribution is 2.49. The molecule has 19 heavy (non-hydrogen) atoms. The molecule has 0 aromatic heterocycles. The summed E-state index contributed by atoms with van der Waals surface area (Å²) < 4.78 is -0.930. The quantitative estimate of drug-likeness (QED) is 0.554. The summed E-state index contributed by atoms with van der Waals surface area (Å²) in [6.45, 7) is 4.06. The topological polar surface area (TPSA) is 0 Å². The van der Waals surface area contributed by atoms with E-state index in [4.69, 9.17) is 46.4 Å². The fraction of sp³-hybridized carbons (Fsp3) is 0.333. The molecule has 1 aromatic carbocycles. The third kappa shape index (κ3) is 2.83. The molecule has 0 aliphatic heterocycles. The maximum Gasteiger partial charge on any atom is 0.143 e. The van der Waals surface area contributed by atoms with Gasteiger partial charge < -0.3 is 0 Å². The van der Waals surface area contributed by atoms with Crippen LogP contribution in [0.15, 0.2) is 42.0 Å². The van der Waals surface area contributed by atoms with Gasteiger partial charge in [0.05, 0.1) is 0 Å². The molecular formula is C15H14Cl4. The molecular weight excluding hydrogens is 322 g/mol. The van der Waals surface area contributed by atoms with Gasteiger partial charge in [-0.2, -0.15) is 0 Å². The molecule has 0 amide bonds. The molecule has 0 radical (unpaired) electrons. The first kappa shape index (κ1) is 15.3. The Balaban J connectivity index is 2.60. The van der Waals surface area contributed by atoms with Crippen molar-refractivity contribution in [2.24, 2.45) is 0 Å². The third-order valence-corrected chi connectivity index (χ3v) is 4.77. The first-order valence-electron chi connectivity index (χ1n) is 5.97. The zero-order valence-electron chi connectivity index (χ0n) is 10.7. The van der Waals surface area contributed by atoms with Gasteiger partial charge in [0.25, 0.3) is 0 Å². The Morgan fingerprint density at radius 1 is 1.11 bits per heavy atom. The molecule has 1 aliphatic rings. The molecule has 1 aliphatic carbocycles. The molecule has 0 N–H and O–H groups in total. The number of halogens is 4. The zero-order chi connectivity index (χ0) is 14.3. The van der Waals surface area contributed by atoms with E-state index in [0.717, 1.165) is 11.1 Å². The number of rotatable bonds is 2. The van der Waals surface area contributed by atoms with Crippen LogP contribution in [-0.4, -0.2) is 4.33 Å². The van der Waals surface area contributed by atoms with Crippen molar-refractivity contribution in [1.82, 2.24) is 0 Å². The molecule has 0 bridgehead atoms. The van der Waals surface area contributed by atoms with Crippen molar-refractivity contribution >= 4 is 46.4 Å². The van der Waals surface area contributed by atoms with Crippen LogP contribution in [0.25, 0.3) is 0 Å². The Bertz CT molecular complexity index is 533. The molecule has 0 saturated carbocycles. The van der Waals surface area contributed by atoms with Crippen molar-refractivity contribution in [3.8, 4) is 0 Å². The lowest BCUT2D eigenvalue weighted by atomic mass is 9.74. The van der Waals surface area contributed by atoms with Crippen LogP contribution in [0.5, 0.6) is 0 Å². The van der Waals surface area contributed by atoms with Crippen molar-refractivity contribution < 1.29 is 0 Å². The smallest absolute Gasteiger partial charge is 0.0963 e. The van der Waals surface area contributed by atoms with Crippen LogP contribution < -0.4 is 0 Å². The number of hydrogen-bond donors (Lipinski definition) is 0. The summed E-state index contributed by atoms with van der Waals surface area (Å²) in [5, 5.41) is 1.24. The lowest BCUT2D eigenvalue weighted by molar-refractivity contribution is 0.578. The summed E-state index contributed by atoms with van der Waals surface area (Å²) >= 11 is 25.5. The van der Waals surface area contributed by atoms with Gasteiger partial charge >= 0.3 is 0 Å². The van der Waals surface area contributed by atoms with E-state index in [-0.39, 0.29) is 0 Å². The monoisotopic (exact) mass is 334 g/mol. The minimum atomic E-state index is -0.930. The van der Waals surface area contributed by atoms with E-state index >= 15 is 0 Å². The second kappa shape index (κ2) is 5.33. The molecule has 0 nitrogen and oxygen atoms in total. The minimum absolute atomic E-state index is 0.441. The Morgan fingerprint density at radius 3 is 2.21 bits per heavy atom. The Morgan fingerprint density at radius 2 is 1.68 bits per heavy atom. The highest BCUT2D eigenvalue weighted by molar-refractivity contribution is 6.50. The molecule has 2 rings (SSSR count). The van der Waals surface area contributed by atoms with E-state index in [9.17, 15) is 0 Å². The van der Waals surface area contributed by atoms with Crippen LogP contribution in [0.2, 0.25) is 10.0 Å². The van der Waals surface area contributed by atoms with E-state index in [1.165, 1.54) is 0 Å². The fourth-order valence-electron chi connectivity index (χ4n) is 2.51. The lowest BCUT2D eigenvalue weighted by Gasteiger charge is -2.38. The SMILES string of the molecule is CC(C)(C1=CC=CCC1(Cl)Cl)c1c(Cl)cccc1Cl. The minimum Gasteiger partial charge on any atom is -0.0963 e. The first-order chi connectivity index (χ1) is 8.77. The maximum atomic E-state index is 6.44. The van der Waals surface area contributed by atoms with Crippen LogP contribution in [0.3, 0.4) is 0 Å². The van der Waals surface area contributed by atoms with Gasteiger partial charge in [-0.15, -0.1) is 0 Å². The predicted molar refractivity (Wildman–Crippen MR) is 85.8 cm³/mol. The normalized spacial score (nSPS) is 18.3. The average molecular weight is 336 g/mol. The van der Waals surface area contributed by atoms with Crippen molar-refractivity contribution in [2.75, 3.05) is 0 Å². The largest absolute Gasteiger partial charge is 0.143 e. The zero-order valence-corrected chi connectivity index (χ0v) is 13.7. The van der Waals surface area contributed by atoms with Gasteiger partial charge in [0.15, 0.2) is 0 Å². The first-order valence-corrected chi connectivity index (χ1v) is 7.48. The standard InChI is InChI=1S/C15H14Cl4/c1-14(2,12-8-3-4-9-15(12,18)19)13-10(16)6-5-7-11(13)17/h3-8H,9H2,1-2H3. The molecule has 0 heterocycles. The summed E-state index contributed by atoms with van der Waals surface area (Å²) in [6, 6.07) is 5.48. The van der Waals surface area contributed by atoms with Crippen molar-refractivity contribution in [1.29, 1.82) is 0 Å². The van der Waals surface area contributed by atoms with Crippen LogP contribution in [0.4, 0.5) is 0 Å². The van der Waals surface area contributed by atoms with Gasteiger partial charge in [0.1, 0.15) is 4.33 Å². The Hall–Kier alpha value is -0.140. The van der Waals surface area contributed by atoms with E-state index < -0.39 is 9.75 Å². The fourth-order valence-corrected chi connectivity index (χ4v) is 4.15. The van der Waals surface area contributed by atoms with E-state index in [1.54, 1.807) is 0 Å². The number of benzene rings is 1. The van der Waals surface area contributed by atoms with Gasteiger partial charge in [-0.1, -0.05) is 84.5 Å². The number of alkyl halides is 2. The Labute approximate surface area is 134 Å². The summed E-state index contributed by atoms with van der Waals surface area (Å²) in [7, 11) is 0. The molecule has 0 unspecified atom stereocenters. The predicted octanol–water partition coefficient (Wildman–Crippen LogP) is 6.33. The van der Waals surface area contributed by atoms with Gasteiger partial charge in [-0.3, -0.25) is 0 Å². The second-order valence-electron chi connectivity index (χ2n) is 5.14. The van der Waals surface area contributed by atoms with Gasteiger partial charge in [0, 0.05) is 21.9 Å². The summed E-state index contributed by atoms with van der Waals surface area (Å²) in [5.74, 6) is 0. The molecule has 1 aromatic rings. The molecule has 0 atom stereocenters. The van der Waals surface area contributed by atoms with Gasteiger partial charge in [0.2, 0.25) is 0 Å². The van der Waals surface area contributed by atoms with Crippen LogP contribution in [0.1, 0.15) is 25.8 Å². The van der Waals surface area contributed by atoms with E-state index in [0.29, 0.717) is 16.5 Å². The molecule has 4 heteroatoms. The number of hydrogen-bond acceptors (Lipinski definition) is 0. The van der Waals surface area contributed by atoms with Crippen LogP contribution in [-0.2, 0) is 5.41 Å².